The molecule has 1 heterocycles. The largest absolute Gasteiger partial charge is 0.265 e. The number of hydrogen-bond donors (Lipinski definition) is 0. The van der Waals surface area contributed by atoms with Gasteiger partial charge in [-0.25, -0.2) is 8.42 Å². The number of para-hydroxylation sites is 1. The van der Waals surface area contributed by atoms with Gasteiger partial charge in [-0.1, -0.05) is 41.0 Å². The minimum atomic E-state index is -3.69. The second kappa shape index (κ2) is 5.61. The van der Waals surface area contributed by atoms with Crippen LogP contribution in [0.3, 0.4) is 0 Å². The van der Waals surface area contributed by atoms with Crippen molar-refractivity contribution in [1.29, 1.82) is 0 Å². The van der Waals surface area contributed by atoms with Crippen molar-refractivity contribution in [2.45, 2.75) is 24.8 Å². The van der Waals surface area contributed by atoms with Gasteiger partial charge >= 0.3 is 0 Å². The summed E-state index contributed by atoms with van der Waals surface area (Å²) in [5.41, 5.74) is 11.9. The molecule has 0 amide bonds. The first-order valence-electron chi connectivity index (χ1n) is 7.18. The molecule has 0 saturated heterocycles. The summed E-state index contributed by atoms with van der Waals surface area (Å²) in [7, 11) is -3.69. The zero-order valence-electron chi connectivity index (χ0n) is 12.8. The summed E-state index contributed by atoms with van der Waals surface area (Å²) in [5, 5.41) is 3.75. The first kappa shape index (κ1) is 15.4. The van der Waals surface area contributed by atoms with E-state index in [0.717, 1.165) is 16.7 Å². The fraction of sp³-hybridized carbons (Fsp3) is 0.250. The summed E-state index contributed by atoms with van der Waals surface area (Å²) >= 11 is 0. The van der Waals surface area contributed by atoms with E-state index in [1.165, 1.54) is 4.31 Å². The molecule has 23 heavy (non-hydrogen) atoms. The Balaban J connectivity index is 2.14. The summed E-state index contributed by atoms with van der Waals surface area (Å²) in [5.74, 6) is 0. The number of aryl methyl sites for hydroxylation is 2. The predicted molar refractivity (Wildman–Crippen MR) is 88.8 cm³/mol. The Morgan fingerprint density at radius 3 is 2.52 bits per heavy atom. The van der Waals surface area contributed by atoms with Gasteiger partial charge in [0.25, 0.3) is 10.0 Å². The van der Waals surface area contributed by atoms with Gasteiger partial charge < -0.3 is 0 Å². The van der Waals surface area contributed by atoms with Gasteiger partial charge in [-0.05, 0) is 42.6 Å². The van der Waals surface area contributed by atoms with Crippen molar-refractivity contribution in [3.05, 3.63) is 69.6 Å². The molecule has 118 valence electrons. The SMILES string of the molecule is Cc1ccc(S(=O)(=O)N2CC(N=[N+]=[N-])c3cccc(C)c32)cc1. The standard InChI is InChI=1S/C16H16N4O2S/c1-11-6-8-13(9-7-11)23(21,22)20-10-15(18-19-17)14-5-3-4-12(2)16(14)20/h3-9,15H,10H2,1-2H3. The highest BCUT2D eigenvalue weighted by Crippen LogP contribution is 2.42. The first-order chi connectivity index (χ1) is 10.9. The lowest BCUT2D eigenvalue weighted by atomic mass is 10.1. The molecule has 0 N–H and O–H groups in total. The van der Waals surface area contributed by atoms with Gasteiger partial charge in [-0.3, -0.25) is 4.31 Å². The molecule has 1 atom stereocenters. The van der Waals surface area contributed by atoms with E-state index in [2.05, 4.69) is 10.0 Å². The molecule has 7 heteroatoms. The van der Waals surface area contributed by atoms with E-state index >= 15 is 0 Å². The third-order valence-corrected chi connectivity index (χ3v) is 5.80. The lowest BCUT2D eigenvalue weighted by molar-refractivity contribution is 0.589. The third-order valence-electron chi connectivity index (χ3n) is 4.02. The van der Waals surface area contributed by atoms with Crippen LogP contribution in [0.5, 0.6) is 0 Å². The summed E-state index contributed by atoms with van der Waals surface area (Å²) in [6, 6.07) is 11.7. The fourth-order valence-electron chi connectivity index (χ4n) is 2.85. The van der Waals surface area contributed by atoms with Gasteiger partial charge in [0.1, 0.15) is 0 Å². The number of anilines is 1. The van der Waals surface area contributed by atoms with Crippen LogP contribution < -0.4 is 4.31 Å². The quantitative estimate of drug-likeness (QED) is 0.486. The van der Waals surface area contributed by atoms with Crippen LogP contribution >= 0.6 is 0 Å². The zero-order valence-corrected chi connectivity index (χ0v) is 13.7. The van der Waals surface area contributed by atoms with Gasteiger partial charge in [0, 0.05) is 11.5 Å². The molecule has 0 aromatic heterocycles. The minimum absolute atomic E-state index is 0.125. The number of hydrogen-bond acceptors (Lipinski definition) is 3. The van der Waals surface area contributed by atoms with Crippen LogP contribution in [-0.2, 0) is 10.0 Å². The molecular weight excluding hydrogens is 312 g/mol. The molecule has 2 aromatic rings. The average molecular weight is 328 g/mol. The average Bonchev–Trinajstić information content (AvgIpc) is 2.89. The van der Waals surface area contributed by atoms with Crippen LogP contribution in [0.4, 0.5) is 5.69 Å². The monoisotopic (exact) mass is 328 g/mol. The van der Waals surface area contributed by atoms with Gasteiger partial charge in [0.15, 0.2) is 0 Å². The molecule has 0 spiro atoms. The Morgan fingerprint density at radius 1 is 1.17 bits per heavy atom. The smallest absolute Gasteiger partial charge is 0.264 e. The lowest BCUT2D eigenvalue weighted by Crippen LogP contribution is -2.30. The number of nitrogens with zero attached hydrogens (tertiary/aromatic N) is 4. The van der Waals surface area contributed by atoms with Crippen molar-refractivity contribution in [2.24, 2.45) is 5.11 Å². The first-order valence-corrected chi connectivity index (χ1v) is 8.62. The highest BCUT2D eigenvalue weighted by atomic mass is 32.2. The topological polar surface area (TPSA) is 86.1 Å². The Labute approximate surface area is 135 Å². The maximum atomic E-state index is 13.0. The number of benzene rings is 2. The van der Waals surface area contributed by atoms with Crippen molar-refractivity contribution < 1.29 is 8.42 Å². The molecular formula is C16H16N4O2S. The van der Waals surface area contributed by atoms with Crippen LogP contribution in [0.2, 0.25) is 0 Å². The van der Waals surface area contributed by atoms with Crippen molar-refractivity contribution in [3.63, 3.8) is 0 Å². The van der Waals surface area contributed by atoms with Crippen molar-refractivity contribution in [3.8, 4) is 0 Å². The molecule has 0 bridgehead atoms. The number of rotatable bonds is 3. The molecule has 1 aliphatic rings. The van der Waals surface area contributed by atoms with E-state index in [0.29, 0.717) is 5.69 Å². The molecule has 0 fully saturated rings. The number of azide groups is 1. The van der Waals surface area contributed by atoms with Gasteiger partial charge in [-0.2, -0.15) is 0 Å². The van der Waals surface area contributed by atoms with E-state index in [-0.39, 0.29) is 11.4 Å². The van der Waals surface area contributed by atoms with Crippen molar-refractivity contribution in [1.82, 2.24) is 0 Å². The Kier molecular flexibility index (Phi) is 3.75. The normalized spacial score (nSPS) is 16.8. The molecule has 2 aromatic carbocycles. The minimum Gasteiger partial charge on any atom is -0.265 e. The van der Waals surface area contributed by atoms with E-state index in [9.17, 15) is 8.42 Å². The Hall–Kier alpha value is -2.50. The highest BCUT2D eigenvalue weighted by Gasteiger charge is 2.37. The zero-order chi connectivity index (χ0) is 16.6. The summed E-state index contributed by atoms with van der Waals surface area (Å²) in [6.07, 6.45) is 0. The summed E-state index contributed by atoms with van der Waals surface area (Å²) in [6.45, 7) is 3.89. The van der Waals surface area contributed by atoms with Crippen LogP contribution in [0.15, 0.2) is 52.5 Å². The third kappa shape index (κ3) is 2.54. The number of fused-ring (bicyclic) bond motifs is 1. The molecule has 1 aliphatic heterocycles. The second-order valence-electron chi connectivity index (χ2n) is 5.58. The maximum absolute atomic E-state index is 13.0. The van der Waals surface area contributed by atoms with Crippen LogP contribution in [-0.4, -0.2) is 15.0 Å². The van der Waals surface area contributed by atoms with Crippen LogP contribution in [0.1, 0.15) is 22.7 Å². The maximum Gasteiger partial charge on any atom is 0.264 e. The van der Waals surface area contributed by atoms with E-state index in [1.54, 1.807) is 24.3 Å². The van der Waals surface area contributed by atoms with Crippen LogP contribution in [0, 0.1) is 13.8 Å². The molecule has 0 radical (unpaired) electrons. The molecule has 6 nitrogen and oxygen atoms in total. The van der Waals surface area contributed by atoms with E-state index < -0.39 is 16.1 Å². The van der Waals surface area contributed by atoms with Gasteiger partial charge in [0.05, 0.1) is 16.6 Å². The Morgan fingerprint density at radius 2 is 1.87 bits per heavy atom. The van der Waals surface area contributed by atoms with E-state index in [4.69, 9.17) is 5.53 Å². The van der Waals surface area contributed by atoms with Gasteiger partial charge in [-0.15, -0.1) is 0 Å². The summed E-state index contributed by atoms with van der Waals surface area (Å²) < 4.78 is 27.4. The fourth-order valence-corrected chi connectivity index (χ4v) is 4.42. The predicted octanol–water partition coefficient (Wildman–Crippen LogP) is 3.86. The Bertz CT molecular complexity index is 900. The van der Waals surface area contributed by atoms with Gasteiger partial charge in [0.2, 0.25) is 0 Å². The molecule has 1 unspecified atom stereocenters. The highest BCUT2D eigenvalue weighted by molar-refractivity contribution is 7.92. The second-order valence-corrected chi connectivity index (χ2v) is 7.44. The molecule has 3 rings (SSSR count). The molecule has 0 saturated carbocycles. The van der Waals surface area contributed by atoms with Crippen molar-refractivity contribution in [2.75, 3.05) is 10.8 Å². The molecule has 0 aliphatic carbocycles. The van der Waals surface area contributed by atoms with Crippen LogP contribution in [0.25, 0.3) is 10.4 Å². The van der Waals surface area contributed by atoms with Crippen molar-refractivity contribution >= 4 is 15.7 Å². The lowest BCUT2D eigenvalue weighted by Gasteiger charge is -2.21. The van der Waals surface area contributed by atoms with E-state index in [1.807, 2.05) is 32.0 Å². The number of sulfonamides is 1. The summed E-state index contributed by atoms with van der Waals surface area (Å²) in [4.78, 5) is 3.09.